The summed E-state index contributed by atoms with van der Waals surface area (Å²) >= 11 is 1.86. The molecule has 1 aromatic heterocycles. The Balaban J connectivity index is 1.60. The molecule has 1 aliphatic heterocycles. The molecule has 192 valence electrons. The van der Waals surface area contributed by atoms with Crippen molar-refractivity contribution in [2.45, 2.75) is 31.8 Å². The number of aromatic nitrogens is 3. The highest BCUT2D eigenvalue weighted by Gasteiger charge is 2.46. The van der Waals surface area contributed by atoms with Gasteiger partial charge in [0.1, 0.15) is 0 Å². The summed E-state index contributed by atoms with van der Waals surface area (Å²) in [6, 6.07) is 13.0. The Labute approximate surface area is 230 Å². The number of benzene rings is 2. The maximum absolute atomic E-state index is 13.7. The molecule has 1 N–H and O–H groups in total. The predicted molar refractivity (Wildman–Crippen MR) is 147 cm³/mol. The standard InChI is InChI=1S/C28H22IN3O6/c1-2-38-22-10-6-9-17(25(22)34)23-16-11-12-30-27(36)31(15-7-4-3-5-8-15)28(37)32(30)20(16)13-18-21(33)14-19(29)26(35)24(18)23/h3-11,14,20,23,34H,2,12-13H2,1H3. The molecule has 0 radical (unpaired) electrons. The highest BCUT2D eigenvalue weighted by Crippen LogP contribution is 2.52. The second kappa shape index (κ2) is 9.12. The fraction of sp³-hybridized carbons (Fsp3) is 0.214. The van der Waals surface area contributed by atoms with Crippen molar-refractivity contribution in [3.05, 3.63) is 108 Å². The van der Waals surface area contributed by atoms with Crippen LogP contribution in [0.25, 0.3) is 5.69 Å². The van der Waals surface area contributed by atoms with Gasteiger partial charge < -0.3 is 9.84 Å². The average Bonchev–Trinajstić information content (AvgIpc) is 3.18. The van der Waals surface area contributed by atoms with Gasteiger partial charge in [-0.1, -0.05) is 36.4 Å². The summed E-state index contributed by atoms with van der Waals surface area (Å²) in [4.78, 5) is 53.8. The number of carbonyl (C=O) groups is 2. The third-order valence-corrected chi connectivity index (χ3v) is 8.06. The van der Waals surface area contributed by atoms with E-state index in [1.54, 1.807) is 55.5 Å². The molecule has 0 spiro atoms. The number of fused-ring (bicyclic) bond motifs is 3. The molecule has 0 saturated carbocycles. The molecule has 0 saturated heterocycles. The molecule has 0 amide bonds. The van der Waals surface area contributed by atoms with E-state index in [2.05, 4.69) is 0 Å². The number of para-hydroxylation sites is 2. The number of carbonyl (C=O) groups excluding carboxylic acids is 2. The fourth-order valence-corrected chi connectivity index (χ4v) is 6.24. The van der Waals surface area contributed by atoms with Gasteiger partial charge in [-0.25, -0.2) is 23.5 Å². The van der Waals surface area contributed by atoms with Crippen LogP contribution in [0.15, 0.2) is 90.6 Å². The van der Waals surface area contributed by atoms with E-state index >= 15 is 0 Å². The fourth-order valence-electron chi connectivity index (χ4n) is 5.67. The first-order chi connectivity index (χ1) is 18.3. The number of halogens is 1. The second-order valence-corrected chi connectivity index (χ2v) is 10.4. The van der Waals surface area contributed by atoms with E-state index in [9.17, 15) is 24.3 Å². The van der Waals surface area contributed by atoms with Crippen LogP contribution in [-0.2, 0) is 16.1 Å². The van der Waals surface area contributed by atoms with Crippen LogP contribution >= 0.6 is 22.6 Å². The zero-order valence-electron chi connectivity index (χ0n) is 20.3. The number of phenolic OH excluding ortho intramolecular Hbond substituents is 1. The number of nitrogens with zero attached hydrogens (tertiary/aromatic N) is 3. The number of aromatic hydroxyl groups is 1. The molecule has 6 rings (SSSR count). The van der Waals surface area contributed by atoms with Crippen molar-refractivity contribution in [2.75, 3.05) is 6.61 Å². The Morgan fingerprint density at radius 2 is 1.79 bits per heavy atom. The van der Waals surface area contributed by atoms with Crippen molar-refractivity contribution in [2.24, 2.45) is 0 Å². The van der Waals surface area contributed by atoms with Crippen molar-refractivity contribution in [1.29, 1.82) is 0 Å². The zero-order valence-corrected chi connectivity index (χ0v) is 22.4. The van der Waals surface area contributed by atoms with Crippen LogP contribution in [0.5, 0.6) is 11.5 Å². The summed E-state index contributed by atoms with van der Waals surface area (Å²) in [7, 11) is 0. The summed E-state index contributed by atoms with van der Waals surface area (Å²) in [6.45, 7) is 2.22. The number of allylic oxidation sites excluding steroid dienone is 6. The van der Waals surface area contributed by atoms with Crippen molar-refractivity contribution in [3.63, 3.8) is 0 Å². The number of ether oxygens (including phenoxy) is 1. The Bertz CT molecular complexity index is 1740. The number of Topliss-reactive ketones (excluding diaryl/α,β-unsaturated/α-hetero) is 1. The quantitative estimate of drug-likeness (QED) is 0.271. The summed E-state index contributed by atoms with van der Waals surface area (Å²) in [5.74, 6) is -1.27. The molecule has 2 aromatic carbocycles. The van der Waals surface area contributed by atoms with Crippen LogP contribution in [0.2, 0.25) is 0 Å². The van der Waals surface area contributed by atoms with Gasteiger partial charge in [-0.3, -0.25) is 9.59 Å². The molecule has 38 heavy (non-hydrogen) atoms. The first kappa shape index (κ1) is 24.4. The van der Waals surface area contributed by atoms with E-state index in [0.717, 1.165) is 4.57 Å². The van der Waals surface area contributed by atoms with Gasteiger partial charge in [0.25, 0.3) is 0 Å². The maximum atomic E-state index is 13.7. The summed E-state index contributed by atoms with van der Waals surface area (Å²) in [5, 5.41) is 11.2. The van der Waals surface area contributed by atoms with E-state index in [1.165, 1.54) is 15.4 Å². The van der Waals surface area contributed by atoms with Crippen LogP contribution in [0.1, 0.15) is 30.9 Å². The van der Waals surface area contributed by atoms with E-state index in [1.807, 2.05) is 28.7 Å². The molecule has 9 nitrogen and oxygen atoms in total. The van der Waals surface area contributed by atoms with E-state index in [0.29, 0.717) is 29.0 Å². The maximum Gasteiger partial charge on any atom is 0.352 e. The first-order valence-corrected chi connectivity index (χ1v) is 13.2. The normalized spacial score (nSPS) is 20.4. The van der Waals surface area contributed by atoms with Crippen LogP contribution in [0.4, 0.5) is 0 Å². The summed E-state index contributed by atoms with van der Waals surface area (Å²) in [6.07, 6.45) is 3.20. The van der Waals surface area contributed by atoms with Gasteiger partial charge in [0.05, 0.1) is 28.5 Å². The van der Waals surface area contributed by atoms with Gasteiger partial charge >= 0.3 is 11.4 Å². The monoisotopic (exact) mass is 623 g/mol. The Morgan fingerprint density at radius 3 is 2.53 bits per heavy atom. The third-order valence-electron chi connectivity index (χ3n) is 7.26. The number of hydrogen-bond acceptors (Lipinski definition) is 6. The molecular weight excluding hydrogens is 601 g/mol. The Kier molecular flexibility index (Phi) is 5.86. The highest BCUT2D eigenvalue weighted by atomic mass is 127. The van der Waals surface area contributed by atoms with Crippen LogP contribution < -0.4 is 16.1 Å². The van der Waals surface area contributed by atoms with E-state index in [4.69, 9.17) is 4.74 Å². The number of ketones is 2. The van der Waals surface area contributed by atoms with Crippen molar-refractivity contribution >= 4 is 34.2 Å². The molecule has 2 heterocycles. The minimum Gasteiger partial charge on any atom is -0.504 e. The Hall–Kier alpha value is -3.93. The van der Waals surface area contributed by atoms with Gasteiger partial charge in [0.2, 0.25) is 0 Å². The van der Waals surface area contributed by atoms with Gasteiger partial charge in [-0.05, 0) is 53.3 Å². The molecule has 3 aliphatic rings. The highest BCUT2D eigenvalue weighted by molar-refractivity contribution is 14.1. The average molecular weight is 623 g/mol. The van der Waals surface area contributed by atoms with Crippen LogP contribution in [0, 0.1) is 0 Å². The molecule has 0 bridgehead atoms. The minimum absolute atomic E-state index is 0.0761. The van der Waals surface area contributed by atoms with E-state index < -0.39 is 23.3 Å². The molecule has 2 atom stereocenters. The van der Waals surface area contributed by atoms with Crippen molar-refractivity contribution in [3.8, 4) is 17.2 Å². The van der Waals surface area contributed by atoms with Gasteiger partial charge in [0.15, 0.2) is 23.1 Å². The summed E-state index contributed by atoms with van der Waals surface area (Å²) in [5.41, 5.74) is 1.06. The lowest BCUT2D eigenvalue weighted by Crippen LogP contribution is -2.40. The first-order valence-electron chi connectivity index (χ1n) is 12.2. The van der Waals surface area contributed by atoms with Crippen LogP contribution in [-0.4, -0.2) is 37.2 Å². The molecular formula is C28H22IN3O6. The number of phenols is 1. The zero-order chi connectivity index (χ0) is 26.7. The Morgan fingerprint density at radius 1 is 1.03 bits per heavy atom. The molecule has 2 aliphatic carbocycles. The topological polar surface area (TPSA) is 113 Å². The molecule has 0 fully saturated rings. The lowest BCUT2D eigenvalue weighted by atomic mass is 9.68. The van der Waals surface area contributed by atoms with Crippen molar-refractivity contribution < 1.29 is 19.4 Å². The van der Waals surface area contributed by atoms with Gasteiger partial charge in [-0.2, -0.15) is 0 Å². The number of hydrogen-bond donors (Lipinski definition) is 1. The second-order valence-electron chi connectivity index (χ2n) is 9.22. The molecule has 3 aromatic rings. The predicted octanol–water partition coefficient (Wildman–Crippen LogP) is 3.34. The van der Waals surface area contributed by atoms with Crippen molar-refractivity contribution in [1.82, 2.24) is 13.9 Å². The smallest absolute Gasteiger partial charge is 0.352 e. The minimum atomic E-state index is -0.796. The van der Waals surface area contributed by atoms with E-state index in [-0.39, 0.29) is 45.2 Å². The SMILES string of the molecule is CCOc1cccc(C2C3=CCn4c(=O)n(-c5ccccc5)c(=O)n4C3CC3=C2C(=O)C(I)=CC3=O)c1O. The number of rotatable bonds is 4. The van der Waals surface area contributed by atoms with Crippen LogP contribution in [0.3, 0.4) is 0 Å². The van der Waals surface area contributed by atoms with Gasteiger partial charge in [-0.15, -0.1) is 0 Å². The molecule has 2 unspecified atom stereocenters. The third kappa shape index (κ3) is 3.50. The largest absolute Gasteiger partial charge is 0.504 e. The summed E-state index contributed by atoms with van der Waals surface area (Å²) < 4.78 is 9.74. The lowest BCUT2D eigenvalue weighted by Gasteiger charge is -2.39. The lowest BCUT2D eigenvalue weighted by molar-refractivity contribution is -0.115. The molecule has 10 heteroatoms. The van der Waals surface area contributed by atoms with Gasteiger partial charge in [0, 0.05) is 35.1 Å².